The topological polar surface area (TPSA) is 24.5 Å². The van der Waals surface area contributed by atoms with Gasteiger partial charge in [0, 0.05) is 17.7 Å². The number of benzene rings is 2. The Kier molecular flexibility index (Phi) is 3.76. The maximum atomic E-state index is 6.51. The lowest BCUT2D eigenvalue weighted by molar-refractivity contribution is 0.0497. The maximum Gasteiger partial charge on any atom is 0.188 e. The van der Waals surface area contributed by atoms with E-state index in [0.29, 0.717) is 0 Å². The lowest BCUT2D eigenvalue weighted by Crippen LogP contribution is -2.65. The van der Waals surface area contributed by atoms with Gasteiger partial charge in [-0.05, 0) is 74.3 Å². The Bertz CT molecular complexity index is 843. The summed E-state index contributed by atoms with van der Waals surface area (Å²) in [4.78, 5) is 2.13. The highest BCUT2D eigenvalue weighted by molar-refractivity contribution is 7.80. The van der Waals surface area contributed by atoms with Crippen molar-refractivity contribution in [2.24, 2.45) is 0 Å². The first-order chi connectivity index (χ1) is 11.9. The van der Waals surface area contributed by atoms with E-state index < -0.39 is 5.72 Å². The Morgan fingerprint density at radius 1 is 1.20 bits per heavy atom. The lowest BCUT2D eigenvalue weighted by atomic mass is 9.89. The lowest BCUT2D eigenvalue weighted by Gasteiger charge is -2.52. The zero-order valence-electron chi connectivity index (χ0n) is 15.2. The molecule has 25 heavy (non-hydrogen) atoms. The van der Waals surface area contributed by atoms with E-state index in [1.165, 1.54) is 22.3 Å². The second-order valence-corrected chi connectivity index (χ2v) is 7.78. The molecule has 2 aliphatic rings. The van der Waals surface area contributed by atoms with Crippen molar-refractivity contribution < 1.29 is 4.74 Å². The van der Waals surface area contributed by atoms with Crippen LogP contribution in [0.4, 0.5) is 5.69 Å². The van der Waals surface area contributed by atoms with Crippen LogP contribution in [0.15, 0.2) is 36.4 Å². The van der Waals surface area contributed by atoms with E-state index in [0.717, 1.165) is 29.4 Å². The first-order valence-electron chi connectivity index (χ1n) is 8.90. The van der Waals surface area contributed by atoms with E-state index in [2.05, 4.69) is 74.3 Å². The van der Waals surface area contributed by atoms with Crippen molar-refractivity contribution in [2.45, 2.75) is 52.3 Å². The van der Waals surface area contributed by atoms with Crippen LogP contribution in [0.25, 0.3) is 0 Å². The van der Waals surface area contributed by atoms with Crippen molar-refractivity contribution >= 4 is 23.0 Å². The van der Waals surface area contributed by atoms with Gasteiger partial charge in [0.15, 0.2) is 10.8 Å². The van der Waals surface area contributed by atoms with Gasteiger partial charge in [-0.1, -0.05) is 25.1 Å². The predicted octanol–water partition coefficient (Wildman–Crippen LogP) is 4.80. The summed E-state index contributed by atoms with van der Waals surface area (Å²) < 4.78 is 6.51. The van der Waals surface area contributed by atoms with Gasteiger partial charge in [0.1, 0.15) is 5.75 Å². The fourth-order valence-corrected chi connectivity index (χ4v) is 4.56. The van der Waals surface area contributed by atoms with Crippen LogP contribution in [-0.2, 0) is 6.42 Å². The van der Waals surface area contributed by atoms with Gasteiger partial charge in [-0.3, -0.25) is 4.90 Å². The Labute approximate surface area is 155 Å². The molecule has 130 valence electrons. The van der Waals surface area contributed by atoms with E-state index in [9.17, 15) is 0 Å². The van der Waals surface area contributed by atoms with Crippen LogP contribution in [0.3, 0.4) is 0 Å². The third-order valence-corrected chi connectivity index (χ3v) is 5.51. The van der Waals surface area contributed by atoms with Crippen LogP contribution >= 0.6 is 12.2 Å². The predicted molar refractivity (Wildman–Crippen MR) is 106 cm³/mol. The quantitative estimate of drug-likeness (QED) is 0.785. The average Bonchev–Trinajstić information content (AvgIpc) is 2.52. The summed E-state index contributed by atoms with van der Waals surface area (Å²) in [6, 6.07) is 13.2. The molecule has 2 aromatic rings. The average molecular weight is 353 g/mol. The van der Waals surface area contributed by atoms with E-state index >= 15 is 0 Å². The number of hydrogen-bond donors (Lipinski definition) is 1. The minimum atomic E-state index is -0.478. The molecule has 0 aliphatic carbocycles. The van der Waals surface area contributed by atoms with E-state index in [1.54, 1.807) is 0 Å². The minimum Gasteiger partial charge on any atom is -0.467 e. The minimum absolute atomic E-state index is 0.204. The molecule has 4 rings (SSSR count). The zero-order chi connectivity index (χ0) is 17.8. The monoisotopic (exact) mass is 352 g/mol. The molecule has 2 heterocycles. The Morgan fingerprint density at radius 3 is 2.60 bits per heavy atom. The van der Waals surface area contributed by atoms with E-state index in [-0.39, 0.29) is 6.04 Å². The number of ether oxygens (including phenoxy) is 1. The molecule has 4 heteroatoms. The number of nitrogens with zero attached hydrogens (tertiary/aromatic N) is 1. The number of aryl methyl sites for hydroxylation is 3. The highest BCUT2D eigenvalue weighted by Crippen LogP contribution is 2.46. The fraction of sp³-hybridized carbons (Fsp3) is 0.381. The third kappa shape index (κ3) is 2.69. The fourth-order valence-electron chi connectivity index (χ4n) is 4.11. The highest BCUT2D eigenvalue weighted by Gasteiger charge is 2.48. The molecular formula is C21H24N2OS. The van der Waals surface area contributed by atoms with Gasteiger partial charge >= 0.3 is 0 Å². The van der Waals surface area contributed by atoms with Crippen molar-refractivity contribution in [3.8, 4) is 5.75 Å². The molecule has 3 nitrogen and oxygen atoms in total. The SMILES string of the molecule is CCc1ccc2c(c1)[C@@H]1C[C@](C)(O2)N(c2cc(C)cc(C)c2)C(=S)N1. The van der Waals surface area contributed by atoms with Crippen molar-refractivity contribution in [2.75, 3.05) is 4.90 Å². The van der Waals surface area contributed by atoms with Crippen LogP contribution in [0.5, 0.6) is 5.75 Å². The van der Waals surface area contributed by atoms with E-state index in [4.69, 9.17) is 17.0 Å². The second kappa shape index (κ2) is 5.73. The number of anilines is 1. The summed E-state index contributed by atoms with van der Waals surface area (Å²) in [6.07, 6.45) is 1.89. The molecule has 1 saturated heterocycles. The number of thiocarbonyl (C=S) groups is 1. The molecule has 1 fully saturated rings. The smallest absolute Gasteiger partial charge is 0.188 e. The normalized spacial score (nSPS) is 24.4. The van der Waals surface area contributed by atoms with Crippen LogP contribution in [-0.4, -0.2) is 10.8 Å². The summed E-state index contributed by atoms with van der Waals surface area (Å²) in [5, 5.41) is 4.28. The molecule has 1 N–H and O–H groups in total. The molecule has 0 aromatic heterocycles. The number of nitrogens with one attached hydrogen (secondary N) is 1. The van der Waals surface area contributed by atoms with Gasteiger partial charge in [-0.2, -0.15) is 0 Å². The Balaban J connectivity index is 1.79. The van der Waals surface area contributed by atoms with Gasteiger partial charge in [-0.15, -0.1) is 0 Å². The summed E-state index contributed by atoms with van der Waals surface area (Å²) in [5.74, 6) is 0.959. The van der Waals surface area contributed by atoms with Gasteiger partial charge in [0.2, 0.25) is 0 Å². The molecule has 2 bridgehead atoms. The number of rotatable bonds is 2. The van der Waals surface area contributed by atoms with Crippen LogP contribution < -0.4 is 15.0 Å². The standard InChI is InChI=1S/C21H24N2OS/c1-5-15-6-7-19-17(11-15)18-12-21(4,24-19)23(20(25)22-18)16-9-13(2)8-14(3)10-16/h6-11,18H,5,12H2,1-4H3,(H,22,25)/t18-,21-/m0/s1. The maximum absolute atomic E-state index is 6.51. The first kappa shape index (κ1) is 16.4. The summed E-state index contributed by atoms with van der Waals surface area (Å²) in [6.45, 7) is 8.55. The number of fused-ring (bicyclic) bond motifs is 4. The molecule has 0 unspecified atom stereocenters. The van der Waals surface area contributed by atoms with Crippen molar-refractivity contribution in [3.05, 3.63) is 58.7 Å². The summed E-state index contributed by atoms with van der Waals surface area (Å²) in [5.41, 5.74) is 5.62. The zero-order valence-corrected chi connectivity index (χ0v) is 16.0. The molecule has 0 spiro atoms. The van der Waals surface area contributed by atoms with Crippen molar-refractivity contribution in [1.82, 2.24) is 5.32 Å². The molecule has 2 aliphatic heterocycles. The number of hydrogen-bond acceptors (Lipinski definition) is 2. The summed E-state index contributed by atoms with van der Waals surface area (Å²) in [7, 11) is 0. The second-order valence-electron chi connectivity index (χ2n) is 7.39. The van der Waals surface area contributed by atoms with Gasteiger partial charge in [-0.25, -0.2) is 0 Å². The largest absolute Gasteiger partial charge is 0.467 e. The molecular weight excluding hydrogens is 328 g/mol. The molecule has 0 amide bonds. The molecule has 0 saturated carbocycles. The molecule has 0 radical (unpaired) electrons. The third-order valence-electron chi connectivity index (χ3n) is 5.21. The van der Waals surface area contributed by atoms with Crippen LogP contribution in [0, 0.1) is 13.8 Å². The molecule has 2 atom stereocenters. The molecule has 2 aromatic carbocycles. The van der Waals surface area contributed by atoms with E-state index in [1.807, 2.05) is 0 Å². The van der Waals surface area contributed by atoms with Gasteiger partial charge in [0.25, 0.3) is 0 Å². The highest BCUT2D eigenvalue weighted by atomic mass is 32.1. The first-order valence-corrected chi connectivity index (χ1v) is 9.31. The van der Waals surface area contributed by atoms with Gasteiger partial charge < -0.3 is 10.1 Å². The summed E-state index contributed by atoms with van der Waals surface area (Å²) >= 11 is 5.75. The Morgan fingerprint density at radius 2 is 1.92 bits per heavy atom. The van der Waals surface area contributed by atoms with Crippen molar-refractivity contribution in [1.29, 1.82) is 0 Å². The van der Waals surface area contributed by atoms with Gasteiger partial charge in [0.05, 0.1) is 6.04 Å². The van der Waals surface area contributed by atoms with Crippen LogP contribution in [0.2, 0.25) is 0 Å². The Hall–Kier alpha value is -2.07. The van der Waals surface area contributed by atoms with Crippen molar-refractivity contribution in [3.63, 3.8) is 0 Å². The van der Waals surface area contributed by atoms with Crippen LogP contribution in [0.1, 0.15) is 48.6 Å².